The van der Waals surface area contributed by atoms with E-state index in [-0.39, 0.29) is 0 Å². The first kappa shape index (κ1) is 14.2. The molecule has 0 aromatic carbocycles. The molecule has 1 heterocycles. The molecule has 5 nitrogen and oxygen atoms in total. The molecule has 0 aliphatic carbocycles. The first-order valence-electron chi connectivity index (χ1n) is 5.69. The van der Waals surface area contributed by atoms with Gasteiger partial charge >= 0.3 is 0 Å². The van der Waals surface area contributed by atoms with Gasteiger partial charge in [-0.05, 0) is 19.5 Å². The second-order valence-corrected chi connectivity index (χ2v) is 6.33. The van der Waals surface area contributed by atoms with Crippen LogP contribution in [0.4, 0.5) is 0 Å². The second kappa shape index (κ2) is 5.66. The van der Waals surface area contributed by atoms with Crippen molar-refractivity contribution in [1.82, 2.24) is 14.2 Å². The molecule has 98 valence electrons. The Hall–Kier alpha value is -0.850. The van der Waals surface area contributed by atoms with Crippen LogP contribution in [0.25, 0.3) is 0 Å². The van der Waals surface area contributed by atoms with Gasteiger partial charge in [-0.1, -0.05) is 6.92 Å². The number of aromatic nitrogens is 1. The summed E-state index contributed by atoms with van der Waals surface area (Å²) < 4.78 is 27.2. The SMILES string of the molecule is CCCn1cc(S(=O)(=O)N(C)C)cc1CNC. The van der Waals surface area contributed by atoms with Crippen LogP contribution < -0.4 is 5.32 Å². The van der Waals surface area contributed by atoms with Crippen molar-refractivity contribution in [2.75, 3.05) is 21.1 Å². The largest absolute Gasteiger partial charge is 0.349 e. The second-order valence-electron chi connectivity index (χ2n) is 4.18. The van der Waals surface area contributed by atoms with E-state index in [0.29, 0.717) is 11.4 Å². The fourth-order valence-electron chi connectivity index (χ4n) is 1.66. The lowest BCUT2D eigenvalue weighted by molar-refractivity contribution is 0.520. The molecule has 0 unspecified atom stereocenters. The minimum absolute atomic E-state index is 0.362. The Morgan fingerprint density at radius 2 is 2.06 bits per heavy atom. The fourth-order valence-corrected chi connectivity index (χ4v) is 2.62. The van der Waals surface area contributed by atoms with Gasteiger partial charge in [-0.3, -0.25) is 0 Å². The van der Waals surface area contributed by atoms with Crippen LogP contribution in [0.3, 0.4) is 0 Å². The Morgan fingerprint density at radius 3 is 2.53 bits per heavy atom. The lowest BCUT2D eigenvalue weighted by Gasteiger charge is -2.08. The Kier molecular flexibility index (Phi) is 4.73. The zero-order valence-corrected chi connectivity index (χ0v) is 11.7. The maximum Gasteiger partial charge on any atom is 0.244 e. The van der Waals surface area contributed by atoms with Crippen molar-refractivity contribution in [2.24, 2.45) is 0 Å². The third-order valence-electron chi connectivity index (χ3n) is 2.56. The van der Waals surface area contributed by atoms with Gasteiger partial charge in [0.25, 0.3) is 0 Å². The van der Waals surface area contributed by atoms with Crippen molar-refractivity contribution in [3.63, 3.8) is 0 Å². The van der Waals surface area contributed by atoms with Crippen molar-refractivity contribution in [1.29, 1.82) is 0 Å². The van der Waals surface area contributed by atoms with Gasteiger partial charge in [-0.2, -0.15) is 0 Å². The maximum atomic E-state index is 12.0. The molecule has 0 bridgehead atoms. The standard InChI is InChI=1S/C11H21N3O2S/c1-5-6-14-9-11(7-10(14)8-12-2)17(15,16)13(3)4/h7,9,12H,5-6,8H2,1-4H3. The molecule has 0 aliphatic rings. The molecule has 0 radical (unpaired) electrons. The third-order valence-corrected chi connectivity index (χ3v) is 4.34. The molecular formula is C11H21N3O2S. The normalized spacial score (nSPS) is 12.3. The maximum absolute atomic E-state index is 12.0. The highest BCUT2D eigenvalue weighted by Gasteiger charge is 2.20. The summed E-state index contributed by atoms with van der Waals surface area (Å²) in [4.78, 5) is 0.362. The van der Waals surface area contributed by atoms with E-state index in [2.05, 4.69) is 12.2 Å². The van der Waals surface area contributed by atoms with E-state index in [0.717, 1.165) is 18.7 Å². The molecule has 1 aromatic rings. The van der Waals surface area contributed by atoms with Gasteiger partial charge in [0.1, 0.15) is 4.90 Å². The molecule has 0 amide bonds. The zero-order valence-electron chi connectivity index (χ0n) is 10.9. The average molecular weight is 259 g/mol. The summed E-state index contributed by atoms with van der Waals surface area (Å²) in [6, 6.07) is 1.74. The average Bonchev–Trinajstić information content (AvgIpc) is 2.63. The Bertz CT molecular complexity index is 440. The first-order valence-corrected chi connectivity index (χ1v) is 7.13. The van der Waals surface area contributed by atoms with E-state index in [9.17, 15) is 8.42 Å². The van der Waals surface area contributed by atoms with E-state index >= 15 is 0 Å². The summed E-state index contributed by atoms with van der Waals surface area (Å²) in [5, 5.41) is 3.05. The van der Waals surface area contributed by atoms with Crippen molar-refractivity contribution in [3.8, 4) is 0 Å². The van der Waals surface area contributed by atoms with Gasteiger partial charge < -0.3 is 9.88 Å². The number of hydrogen-bond donors (Lipinski definition) is 1. The van der Waals surface area contributed by atoms with Gasteiger partial charge in [0.15, 0.2) is 0 Å². The highest BCUT2D eigenvalue weighted by Crippen LogP contribution is 2.17. The predicted octanol–water partition coefficient (Wildman–Crippen LogP) is 0.868. The smallest absolute Gasteiger partial charge is 0.244 e. The summed E-state index contributed by atoms with van der Waals surface area (Å²) in [5.74, 6) is 0. The van der Waals surface area contributed by atoms with Crippen molar-refractivity contribution in [2.45, 2.75) is 31.3 Å². The predicted molar refractivity (Wildman–Crippen MR) is 68.4 cm³/mol. The number of nitrogens with zero attached hydrogens (tertiary/aromatic N) is 2. The Labute approximate surface area is 103 Å². The van der Waals surface area contributed by atoms with Gasteiger partial charge in [0.2, 0.25) is 10.0 Å². The number of hydrogen-bond acceptors (Lipinski definition) is 3. The van der Waals surface area contributed by atoms with Crippen LogP contribution in [0, 0.1) is 0 Å². The first-order chi connectivity index (χ1) is 7.93. The molecular weight excluding hydrogens is 238 g/mol. The van der Waals surface area contributed by atoms with Crippen LogP contribution in [0.5, 0.6) is 0 Å². The summed E-state index contributed by atoms with van der Waals surface area (Å²) in [6.07, 6.45) is 2.69. The van der Waals surface area contributed by atoms with Crippen LogP contribution in [-0.2, 0) is 23.1 Å². The molecule has 6 heteroatoms. The molecule has 0 fully saturated rings. The van der Waals surface area contributed by atoms with Crippen LogP contribution in [0.1, 0.15) is 19.0 Å². The van der Waals surface area contributed by atoms with Gasteiger partial charge in [-0.15, -0.1) is 0 Å². The van der Waals surface area contributed by atoms with Crippen molar-refractivity contribution < 1.29 is 8.42 Å². The number of sulfonamides is 1. The number of rotatable bonds is 6. The molecule has 1 rings (SSSR count). The van der Waals surface area contributed by atoms with Gasteiger partial charge in [0, 0.05) is 39.1 Å². The van der Waals surface area contributed by atoms with Gasteiger partial charge in [-0.25, -0.2) is 12.7 Å². The highest BCUT2D eigenvalue weighted by molar-refractivity contribution is 7.89. The summed E-state index contributed by atoms with van der Waals surface area (Å²) >= 11 is 0. The molecule has 0 saturated carbocycles. The van der Waals surface area contributed by atoms with Crippen molar-refractivity contribution >= 4 is 10.0 Å². The van der Waals surface area contributed by atoms with E-state index in [1.165, 1.54) is 4.31 Å². The van der Waals surface area contributed by atoms with Crippen molar-refractivity contribution in [3.05, 3.63) is 18.0 Å². The highest BCUT2D eigenvalue weighted by atomic mass is 32.2. The van der Waals surface area contributed by atoms with Crippen LogP contribution in [-0.4, -0.2) is 38.4 Å². The van der Waals surface area contributed by atoms with Crippen LogP contribution >= 0.6 is 0 Å². The minimum Gasteiger partial charge on any atom is -0.349 e. The fraction of sp³-hybridized carbons (Fsp3) is 0.636. The summed E-state index contributed by atoms with van der Waals surface area (Å²) in [6.45, 7) is 3.58. The van der Waals surface area contributed by atoms with Crippen LogP contribution in [0.15, 0.2) is 17.2 Å². The molecule has 1 N–H and O–H groups in total. The Morgan fingerprint density at radius 1 is 1.41 bits per heavy atom. The lowest BCUT2D eigenvalue weighted by atomic mass is 10.4. The number of nitrogens with one attached hydrogen (secondary N) is 1. The molecule has 1 aromatic heterocycles. The third kappa shape index (κ3) is 3.08. The molecule has 17 heavy (non-hydrogen) atoms. The molecule has 0 spiro atoms. The van der Waals surface area contributed by atoms with E-state index in [1.807, 2.05) is 11.6 Å². The minimum atomic E-state index is -3.33. The van der Waals surface area contributed by atoms with E-state index < -0.39 is 10.0 Å². The van der Waals surface area contributed by atoms with Crippen LogP contribution in [0.2, 0.25) is 0 Å². The Balaban J connectivity index is 3.15. The molecule has 0 atom stereocenters. The monoisotopic (exact) mass is 259 g/mol. The molecule has 0 aliphatic heterocycles. The van der Waals surface area contributed by atoms with E-state index in [1.54, 1.807) is 26.4 Å². The summed E-state index contributed by atoms with van der Waals surface area (Å²) in [5.41, 5.74) is 0.995. The number of aryl methyl sites for hydroxylation is 1. The van der Waals surface area contributed by atoms with Gasteiger partial charge in [0.05, 0.1) is 0 Å². The van der Waals surface area contributed by atoms with E-state index in [4.69, 9.17) is 0 Å². The molecule has 0 saturated heterocycles. The summed E-state index contributed by atoms with van der Waals surface area (Å²) in [7, 11) is 1.61. The topological polar surface area (TPSA) is 54.3 Å². The lowest BCUT2D eigenvalue weighted by Crippen LogP contribution is -2.21. The quantitative estimate of drug-likeness (QED) is 0.824. The zero-order chi connectivity index (χ0) is 13.1.